The minimum absolute atomic E-state index is 0.0338. The van der Waals surface area contributed by atoms with E-state index in [0.717, 1.165) is 48.8 Å². The third-order valence-corrected chi connectivity index (χ3v) is 8.95. The molecule has 0 radical (unpaired) electrons. The van der Waals surface area contributed by atoms with Crippen LogP contribution in [0, 0.1) is 5.92 Å². The van der Waals surface area contributed by atoms with Crippen LogP contribution in [-0.2, 0) is 40.6 Å². The van der Waals surface area contributed by atoms with Crippen molar-refractivity contribution in [3.63, 3.8) is 0 Å². The lowest BCUT2D eigenvalue weighted by molar-refractivity contribution is -0.122. The lowest BCUT2D eigenvalue weighted by Gasteiger charge is -2.08. The van der Waals surface area contributed by atoms with Crippen molar-refractivity contribution in [3.8, 4) is 17.2 Å². The van der Waals surface area contributed by atoms with Gasteiger partial charge in [-0.15, -0.1) is 0 Å². The van der Waals surface area contributed by atoms with Gasteiger partial charge in [0.05, 0.1) is 19.3 Å². The monoisotopic (exact) mass is 811 g/mol. The van der Waals surface area contributed by atoms with Crippen LogP contribution in [0.25, 0.3) is 0 Å². The Hall–Kier alpha value is -5.68. The summed E-state index contributed by atoms with van der Waals surface area (Å²) in [6.45, 7) is 7.45. The largest absolute Gasteiger partial charge is 0.508 e. The lowest BCUT2D eigenvalue weighted by atomic mass is 10.1. The van der Waals surface area contributed by atoms with E-state index in [0.29, 0.717) is 48.7 Å². The average molecular weight is 812 g/mol. The Balaban J connectivity index is 0.000000309. The maximum absolute atomic E-state index is 11.8. The fourth-order valence-corrected chi connectivity index (χ4v) is 5.56. The number of rotatable bonds is 22. The van der Waals surface area contributed by atoms with Crippen LogP contribution < -0.4 is 15.4 Å². The highest BCUT2D eigenvalue weighted by atomic mass is 16.5. The van der Waals surface area contributed by atoms with Crippen LogP contribution in [0.1, 0.15) is 124 Å². The second-order valence-electron chi connectivity index (χ2n) is 14.4. The van der Waals surface area contributed by atoms with Gasteiger partial charge in [0.2, 0.25) is 11.8 Å². The van der Waals surface area contributed by atoms with E-state index in [1.165, 1.54) is 45.1 Å². The van der Waals surface area contributed by atoms with Crippen molar-refractivity contribution in [1.29, 1.82) is 0 Å². The van der Waals surface area contributed by atoms with E-state index in [4.69, 9.17) is 14.6 Å². The summed E-state index contributed by atoms with van der Waals surface area (Å²) in [5.41, 5.74) is 3.71. The van der Waals surface area contributed by atoms with Crippen molar-refractivity contribution in [3.05, 3.63) is 131 Å². The van der Waals surface area contributed by atoms with Crippen LogP contribution in [-0.4, -0.2) is 45.2 Å². The zero-order valence-electron chi connectivity index (χ0n) is 35.3. The molecule has 0 saturated heterocycles. The SMILES string of the molecule is CC(C)/C=C/CCCCC(=O)NCc1ccc(O)c(CO)c1.CCCCCCCCC(=O)NCc1ccc(O)c(OC)c1.O=C(OCc1ccccc1)c1cccnc1. The Labute approximate surface area is 350 Å². The number of aromatic hydroxyl groups is 2. The summed E-state index contributed by atoms with van der Waals surface area (Å²) in [5.74, 6) is 0.961. The number of ether oxygens (including phenoxy) is 2. The first-order valence-electron chi connectivity index (χ1n) is 20.6. The highest BCUT2D eigenvalue weighted by Gasteiger charge is 2.08. The predicted octanol–water partition coefficient (Wildman–Crippen LogP) is 9.48. The van der Waals surface area contributed by atoms with E-state index in [1.54, 1.807) is 48.7 Å². The molecule has 3 aromatic carbocycles. The van der Waals surface area contributed by atoms with Gasteiger partial charge in [0.25, 0.3) is 0 Å². The summed E-state index contributed by atoms with van der Waals surface area (Å²) in [6.07, 6.45) is 18.6. The number of nitrogens with zero attached hydrogens (tertiary/aromatic N) is 1. The van der Waals surface area contributed by atoms with Crippen LogP contribution in [0.2, 0.25) is 0 Å². The van der Waals surface area contributed by atoms with E-state index in [2.05, 4.69) is 48.5 Å². The fraction of sp³-hybridized carbons (Fsp3) is 0.417. The molecule has 0 aliphatic rings. The number of methoxy groups -OCH3 is 1. The number of unbranched alkanes of at least 4 members (excludes halogenated alkanes) is 7. The summed E-state index contributed by atoms with van der Waals surface area (Å²) in [7, 11) is 1.51. The number of allylic oxidation sites excluding steroid dienone is 2. The number of esters is 1. The van der Waals surface area contributed by atoms with Crippen molar-refractivity contribution in [2.45, 2.75) is 118 Å². The Kier molecular flexibility index (Phi) is 25.5. The lowest BCUT2D eigenvalue weighted by Crippen LogP contribution is -2.22. The summed E-state index contributed by atoms with van der Waals surface area (Å²) in [5, 5.41) is 33.8. The molecule has 0 unspecified atom stereocenters. The number of aliphatic hydroxyl groups excluding tert-OH is 1. The Bertz CT molecular complexity index is 1800. The number of hydrogen-bond acceptors (Lipinski definition) is 9. The quantitative estimate of drug-likeness (QED) is 0.0295. The third kappa shape index (κ3) is 22.7. The molecule has 1 heterocycles. The van der Waals surface area contributed by atoms with Gasteiger partial charge in [0.15, 0.2) is 11.5 Å². The van der Waals surface area contributed by atoms with Crippen LogP contribution in [0.4, 0.5) is 0 Å². The van der Waals surface area contributed by atoms with E-state index >= 15 is 0 Å². The van der Waals surface area contributed by atoms with Crippen molar-refractivity contribution in [2.75, 3.05) is 7.11 Å². The van der Waals surface area contributed by atoms with Gasteiger partial charge in [-0.2, -0.15) is 0 Å². The molecule has 0 fully saturated rings. The maximum Gasteiger partial charge on any atom is 0.340 e. The molecule has 0 bridgehead atoms. The number of phenolic OH excluding ortho intramolecular Hbond substituents is 1. The average Bonchev–Trinajstić information content (AvgIpc) is 3.25. The zero-order valence-corrected chi connectivity index (χ0v) is 35.3. The third-order valence-electron chi connectivity index (χ3n) is 8.95. The minimum atomic E-state index is -0.350. The van der Waals surface area contributed by atoms with Crippen LogP contribution in [0.5, 0.6) is 17.2 Å². The van der Waals surface area contributed by atoms with Gasteiger partial charge in [0, 0.05) is 43.9 Å². The fourth-order valence-electron chi connectivity index (χ4n) is 5.56. The van der Waals surface area contributed by atoms with Crippen molar-refractivity contribution in [1.82, 2.24) is 15.6 Å². The summed E-state index contributed by atoms with van der Waals surface area (Å²) < 4.78 is 10.2. The van der Waals surface area contributed by atoms with Crippen LogP contribution in [0.3, 0.4) is 0 Å². The number of benzene rings is 3. The molecule has 0 atom stereocenters. The van der Waals surface area contributed by atoms with Crippen molar-refractivity contribution in [2.24, 2.45) is 5.92 Å². The number of hydrogen-bond donors (Lipinski definition) is 5. The number of amides is 2. The first-order chi connectivity index (χ1) is 28.6. The Morgan fingerprint density at radius 3 is 1.98 bits per heavy atom. The molecule has 4 rings (SSSR count). The van der Waals surface area contributed by atoms with E-state index in [1.807, 2.05) is 30.3 Å². The molecule has 2 amide bonds. The molecule has 1 aromatic heterocycles. The van der Waals surface area contributed by atoms with Gasteiger partial charge in [0.1, 0.15) is 12.4 Å². The molecule has 11 nitrogen and oxygen atoms in total. The van der Waals surface area contributed by atoms with Crippen molar-refractivity contribution >= 4 is 17.8 Å². The van der Waals surface area contributed by atoms with Crippen LogP contribution in [0.15, 0.2) is 103 Å². The number of aliphatic hydroxyl groups is 1. The molecule has 320 valence electrons. The van der Waals surface area contributed by atoms with Gasteiger partial charge in [-0.25, -0.2) is 4.79 Å². The first kappa shape index (κ1) is 49.5. The van der Waals surface area contributed by atoms with Crippen molar-refractivity contribution < 1.29 is 39.2 Å². The number of aromatic nitrogens is 1. The summed E-state index contributed by atoms with van der Waals surface area (Å²) in [6, 6.07) is 23.0. The molecule has 0 aliphatic carbocycles. The number of nitrogens with one attached hydrogen (secondary N) is 2. The molecule has 5 N–H and O–H groups in total. The highest BCUT2D eigenvalue weighted by molar-refractivity contribution is 5.88. The van der Waals surface area contributed by atoms with Crippen LogP contribution >= 0.6 is 0 Å². The molecular weight excluding hydrogens is 747 g/mol. The molecule has 0 spiro atoms. The normalized spacial score (nSPS) is 10.5. The Morgan fingerprint density at radius 2 is 1.37 bits per heavy atom. The van der Waals surface area contributed by atoms with Gasteiger partial charge in [-0.1, -0.05) is 107 Å². The van der Waals surface area contributed by atoms with E-state index in [9.17, 15) is 24.6 Å². The second kappa shape index (κ2) is 30.4. The standard InChI is InChI=1S/C18H27NO3.C17H27NO3.C13H11NO2/c1-14(2)7-5-3-4-6-8-18(22)19-12-15-9-10-17(21)16(11-15)13-20;1-3-4-5-6-7-8-9-17(20)18-13-14-10-11-15(19)16(12-14)21-2;15-13(12-7-4-8-14-9-12)16-10-11-5-2-1-3-6-11/h5,7,9-11,14,20-21H,3-4,6,8,12-13H2,1-2H3,(H,19,22);10-12,19H,3-9,13H2,1-2H3,(H,18,20);1-9H,10H2/b7-5+;;. The molecule has 59 heavy (non-hydrogen) atoms. The van der Waals surface area contributed by atoms with Gasteiger partial charge in [-0.3, -0.25) is 14.6 Å². The molecule has 0 saturated carbocycles. The predicted molar refractivity (Wildman–Crippen MR) is 233 cm³/mol. The highest BCUT2D eigenvalue weighted by Crippen LogP contribution is 2.26. The van der Waals surface area contributed by atoms with Gasteiger partial charge >= 0.3 is 5.97 Å². The number of carbonyl (C=O) groups is 3. The topological polar surface area (TPSA) is 167 Å². The Morgan fingerprint density at radius 1 is 0.746 bits per heavy atom. The molecule has 0 aliphatic heterocycles. The molecular formula is C48H65N3O8. The van der Waals surface area contributed by atoms with Gasteiger partial charge < -0.3 is 35.4 Å². The smallest absolute Gasteiger partial charge is 0.340 e. The number of carbonyl (C=O) groups excluding carboxylic acids is 3. The number of pyridine rings is 1. The molecule has 11 heteroatoms. The van der Waals surface area contributed by atoms with Gasteiger partial charge in [-0.05, 0) is 84.7 Å². The zero-order chi connectivity index (χ0) is 43.1. The molecule has 4 aromatic rings. The van der Waals surface area contributed by atoms with E-state index in [-0.39, 0.29) is 42.5 Å². The second-order valence-corrected chi connectivity index (χ2v) is 14.4. The van der Waals surface area contributed by atoms with E-state index < -0.39 is 0 Å². The number of phenols is 2. The maximum atomic E-state index is 11.8. The minimum Gasteiger partial charge on any atom is -0.508 e. The first-order valence-corrected chi connectivity index (χ1v) is 20.6. The summed E-state index contributed by atoms with van der Waals surface area (Å²) >= 11 is 0. The summed E-state index contributed by atoms with van der Waals surface area (Å²) in [4.78, 5) is 38.9.